The predicted octanol–water partition coefficient (Wildman–Crippen LogP) is 0.587. The SMILES string of the molecule is O=C1[C@@H]2C[C@H]2C(=O)N1Cc1ccncc1. The second-order valence-electron chi connectivity index (χ2n) is 4.07. The molecule has 0 bridgehead atoms. The summed E-state index contributed by atoms with van der Waals surface area (Å²) in [5.41, 5.74) is 0.952. The second-order valence-corrected chi connectivity index (χ2v) is 4.07. The van der Waals surface area contributed by atoms with Gasteiger partial charge in [-0.05, 0) is 24.1 Å². The molecular formula is C11H10N2O2. The van der Waals surface area contributed by atoms with Crippen molar-refractivity contribution >= 4 is 11.8 Å². The van der Waals surface area contributed by atoms with Crippen LogP contribution in [0.25, 0.3) is 0 Å². The first-order valence-corrected chi connectivity index (χ1v) is 5.01. The number of carbonyl (C=O) groups is 2. The molecule has 2 heterocycles. The molecule has 1 aliphatic heterocycles. The van der Waals surface area contributed by atoms with E-state index in [2.05, 4.69) is 4.98 Å². The summed E-state index contributed by atoms with van der Waals surface area (Å²) in [4.78, 5) is 28.6. The zero-order chi connectivity index (χ0) is 10.4. The van der Waals surface area contributed by atoms with E-state index in [-0.39, 0.29) is 23.7 Å². The second kappa shape index (κ2) is 2.89. The molecule has 2 amide bonds. The summed E-state index contributed by atoms with van der Waals surface area (Å²) in [5.74, 6) is 0.00213. The van der Waals surface area contributed by atoms with Gasteiger partial charge < -0.3 is 0 Å². The fraction of sp³-hybridized carbons (Fsp3) is 0.364. The number of piperidine rings is 1. The van der Waals surface area contributed by atoms with Gasteiger partial charge in [0, 0.05) is 12.4 Å². The minimum absolute atomic E-state index is 0.000614. The fourth-order valence-corrected chi connectivity index (χ4v) is 2.08. The third-order valence-electron chi connectivity index (χ3n) is 3.05. The van der Waals surface area contributed by atoms with Gasteiger partial charge in [0.2, 0.25) is 11.8 Å². The van der Waals surface area contributed by atoms with Crippen molar-refractivity contribution in [3.05, 3.63) is 30.1 Å². The van der Waals surface area contributed by atoms with Gasteiger partial charge in [-0.2, -0.15) is 0 Å². The third kappa shape index (κ3) is 1.25. The van der Waals surface area contributed by atoms with Gasteiger partial charge in [-0.1, -0.05) is 0 Å². The molecule has 1 aliphatic carbocycles. The largest absolute Gasteiger partial charge is 0.278 e. The number of aromatic nitrogens is 1. The lowest BCUT2D eigenvalue weighted by atomic mass is 10.2. The molecule has 2 atom stereocenters. The van der Waals surface area contributed by atoms with Crippen molar-refractivity contribution in [3.8, 4) is 0 Å². The maximum absolute atomic E-state index is 11.7. The molecule has 1 aromatic heterocycles. The van der Waals surface area contributed by atoms with Crippen molar-refractivity contribution < 1.29 is 9.59 Å². The van der Waals surface area contributed by atoms with Crippen molar-refractivity contribution in [2.75, 3.05) is 0 Å². The number of hydrogen-bond donors (Lipinski definition) is 0. The van der Waals surface area contributed by atoms with Crippen molar-refractivity contribution in [1.82, 2.24) is 9.88 Å². The highest BCUT2D eigenvalue weighted by atomic mass is 16.2. The summed E-state index contributed by atoms with van der Waals surface area (Å²) >= 11 is 0. The summed E-state index contributed by atoms with van der Waals surface area (Å²) in [6.45, 7) is 0.396. The molecule has 1 saturated carbocycles. The Morgan fingerprint density at radius 3 is 2.40 bits per heavy atom. The molecule has 2 aliphatic rings. The van der Waals surface area contributed by atoms with Crippen molar-refractivity contribution in [3.63, 3.8) is 0 Å². The van der Waals surface area contributed by atoms with Gasteiger partial charge in [-0.25, -0.2) is 0 Å². The highest BCUT2D eigenvalue weighted by Gasteiger charge is 2.58. The van der Waals surface area contributed by atoms with E-state index < -0.39 is 0 Å². The highest BCUT2D eigenvalue weighted by molar-refractivity contribution is 6.08. The standard InChI is InChI=1S/C11H10N2O2/c14-10-8-5-9(8)11(15)13(10)6-7-1-3-12-4-2-7/h1-4,8-9H,5-6H2/t8-,9-/m1/s1. The Morgan fingerprint density at radius 2 is 1.80 bits per heavy atom. The monoisotopic (exact) mass is 202 g/mol. The number of fused-ring (bicyclic) bond motifs is 1. The topological polar surface area (TPSA) is 50.3 Å². The van der Waals surface area contributed by atoms with Crippen LogP contribution in [0.15, 0.2) is 24.5 Å². The quantitative estimate of drug-likeness (QED) is 0.659. The van der Waals surface area contributed by atoms with Gasteiger partial charge in [0.1, 0.15) is 0 Å². The summed E-state index contributed by atoms with van der Waals surface area (Å²) in [6, 6.07) is 3.65. The first-order chi connectivity index (χ1) is 7.27. The molecule has 4 heteroatoms. The Hall–Kier alpha value is -1.71. The molecule has 0 radical (unpaired) electrons. The molecule has 2 fully saturated rings. The Balaban J connectivity index is 1.79. The Bertz CT molecular complexity index is 409. The van der Waals surface area contributed by atoms with E-state index >= 15 is 0 Å². The molecule has 1 aromatic rings. The summed E-state index contributed by atoms with van der Waals surface area (Å²) in [5, 5.41) is 0. The lowest BCUT2D eigenvalue weighted by Crippen LogP contribution is -2.32. The van der Waals surface area contributed by atoms with Gasteiger partial charge >= 0.3 is 0 Å². The van der Waals surface area contributed by atoms with Crippen LogP contribution < -0.4 is 0 Å². The van der Waals surface area contributed by atoms with E-state index in [9.17, 15) is 9.59 Å². The van der Waals surface area contributed by atoms with E-state index in [1.807, 2.05) is 12.1 Å². The number of imide groups is 1. The van der Waals surface area contributed by atoms with Crippen LogP contribution in [-0.2, 0) is 16.1 Å². The number of nitrogens with zero attached hydrogens (tertiary/aromatic N) is 2. The van der Waals surface area contributed by atoms with Gasteiger partial charge in [-0.3, -0.25) is 19.5 Å². The average Bonchev–Trinajstić information content (AvgIpc) is 3.01. The van der Waals surface area contributed by atoms with Gasteiger partial charge in [0.25, 0.3) is 0 Å². The smallest absolute Gasteiger partial charge is 0.233 e. The average molecular weight is 202 g/mol. The maximum atomic E-state index is 11.7. The van der Waals surface area contributed by atoms with E-state index in [4.69, 9.17) is 0 Å². The Kier molecular flexibility index (Phi) is 1.65. The van der Waals surface area contributed by atoms with E-state index in [0.29, 0.717) is 6.54 Å². The van der Waals surface area contributed by atoms with Crippen LogP contribution in [-0.4, -0.2) is 21.7 Å². The summed E-state index contributed by atoms with van der Waals surface area (Å²) < 4.78 is 0. The van der Waals surface area contributed by atoms with Gasteiger partial charge in [-0.15, -0.1) is 0 Å². The maximum Gasteiger partial charge on any atom is 0.233 e. The van der Waals surface area contributed by atoms with Crippen molar-refractivity contribution in [2.45, 2.75) is 13.0 Å². The molecule has 1 saturated heterocycles. The van der Waals surface area contributed by atoms with Crippen LogP contribution in [0.1, 0.15) is 12.0 Å². The number of amides is 2. The number of pyridine rings is 1. The fourth-order valence-electron chi connectivity index (χ4n) is 2.08. The van der Waals surface area contributed by atoms with E-state index in [0.717, 1.165) is 12.0 Å². The van der Waals surface area contributed by atoms with Crippen LogP contribution in [0.2, 0.25) is 0 Å². The third-order valence-corrected chi connectivity index (χ3v) is 3.05. The van der Waals surface area contributed by atoms with Crippen LogP contribution in [0.3, 0.4) is 0 Å². The van der Waals surface area contributed by atoms with Crippen LogP contribution in [0.5, 0.6) is 0 Å². The van der Waals surface area contributed by atoms with Crippen LogP contribution in [0, 0.1) is 11.8 Å². The molecule has 0 unspecified atom stereocenters. The molecule has 0 N–H and O–H groups in total. The molecule has 4 nitrogen and oxygen atoms in total. The Labute approximate surface area is 86.9 Å². The zero-order valence-corrected chi connectivity index (χ0v) is 8.09. The summed E-state index contributed by atoms with van der Waals surface area (Å²) in [7, 11) is 0. The molecule has 15 heavy (non-hydrogen) atoms. The number of rotatable bonds is 2. The minimum Gasteiger partial charge on any atom is -0.278 e. The molecule has 76 valence electrons. The summed E-state index contributed by atoms with van der Waals surface area (Å²) in [6.07, 6.45) is 4.10. The molecular weight excluding hydrogens is 192 g/mol. The van der Waals surface area contributed by atoms with Crippen molar-refractivity contribution in [1.29, 1.82) is 0 Å². The van der Waals surface area contributed by atoms with Crippen LogP contribution in [0.4, 0.5) is 0 Å². The number of hydrogen-bond acceptors (Lipinski definition) is 3. The van der Waals surface area contributed by atoms with E-state index in [1.165, 1.54) is 4.90 Å². The first kappa shape index (κ1) is 8.59. The van der Waals surface area contributed by atoms with Gasteiger partial charge in [0.05, 0.1) is 18.4 Å². The molecule has 0 aromatic carbocycles. The van der Waals surface area contributed by atoms with Crippen molar-refractivity contribution in [2.24, 2.45) is 11.8 Å². The zero-order valence-electron chi connectivity index (χ0n) is 8.09. The molecule has 3 rings (SSSR count). The number of likely N-dealkylation sites (tertiary alicyclic amines) is 1. The predicted molar refractivity (Wildman–Crippen MR) is 51.4 cm³/mol. The molecule has 0 spiro atoms. The van der Waals surface area contributed by atoms with Gasteiger partial charge in [0.15, 0.2) is 0 Å². The van der Waals surface area contributed by atoms with Crippen LogP contribution >= 0.6 is 0 Å². The number of carbonyl (C=O) groups excluding carboxylic acids is 2. The normalized spacial score (nSPS) is 28.1. The first-order valence-electron chi connectivity index (χ1n) is 5.01. The Morgan fingerprint density at radius 1 is 1.20 bits per heavy atom. The van der Waals surface area contributed by atoms with E-state index in [1.54, 1.807) is 12.4 Å². The lowest BCUT2D eigenvalue weighted by Gasteiger charge is -2.15. The highest BCUT2D eigenvalue weighted by Crippen LogP contribution is 2.47. The lowest BCUT2D eigenvalue weighted by molar-refractivity contribution is -0.142. The minimum atomic E-state index is -0.000614.